The summed E-state index contributed by atoms with van der Waals surface area (Å²) in [5.74, 6) is 6.12. The highest BCUT2D eigenvalue weighted by Crippen LogP contribution is 2.68. The lowest BCUT2D eigenvalue weighted by Gasteiger charge is -2.61. The molecule has 170 valence electrons. The maximum atomic E-state index is 10.3. The van der Waals surface area contributed by atoms with Gasteiger partial charge < -0.3 is 10.3 Å². The zero-order valence-electron chi connectivity index (χ0n) is 19.7. The van der Waals surface area contributed by atoms with E-state index in [-0.39, 0.29) is 6.10 Å². The molecule has 0 spiro atoms. The summed E-state index contributed by atoms with van der Waals surface area (Å²) >= 11 is 0. The molecule has 9 atom stereocenters. The summed E-state index contributed by atoms with van der Waals surface area (Å²) in [7, 11) is 0. The van der Waals surface area contributed by atoms with E-state index in [0.29, 0.717) is 10.8 Å². The van der Waals surface area contributed by atoms with Crippen molar-refractivity contribution in [1.82, 2.24) is 0 Å². The second-order valence-electron chi connectivity index (χ2n) is 12.8. The zero-order chi connectivity index (χ0) is 21.1. The molecule has 2 N–H and O–H groups in total. The van der Waals surface area contributed by atoms with Gasteiger partial charge in [-0.05, 0) is 129 Å². The van der Waals surface area contributed by atoms with Crippen LogP contribution in [0.4, 0.5) is 0 Å². The van der Waals surface area contributed by atoms with Gasteiger partial charge in [0, 0.05) is 0 Å². The molecule has 0 aliphatic heterocycles. The molecule has 5 aliphatic carbocycles. The third-order valence-corrected chi connectivity index (χ3v) is 11.6. The summed E-state index contributed by atoms with van der Waals surface area (Å²) in [5.41, 5.74) is 2.08. The molecule has 5 aliphatic rings. The summed E-state index contributed by atoms with van der Waals surface area (Å²) in [4.78, 5) is 0. The molecular formula is C27H45NO2. The summed E-state index contributed by atoms with van der Waals surface area (Å²) < 4.78 is 0. The van der Waals surface area contributed by atoms with Gasteiger partial charge in [-0.1, -0.05) is 32.3 Å². The first-order valence-electron chi connectivity index (χ1n) is 13.2. The maximum absolute atomic E-state index is 10.3. The molecule has 0 radical (unpaired) electrons. The molecule has 5 saturated carbocycles. The Labute approximate surface area is 184 Å². The lowest BCUT2D eigenvalue weighted by Crippen LogP contribution is -2.54. The lowest BCUT2D eigenvalue weighted by atomic mass is 9.44. The minimum Gasteiger partial charge on any atom is -0.411 e. The van der Waals surface area contributed by atoms with Crippen molar-refractivity contribution in [2.45, 2.75) is 110 Å². The van der Waals surface area contributed by atoms with E-state index in [4.69, 9.17) is 5.21 Å². The van der Waals surface area contributed by atoms with E-state index in [1.165, 1.54) is 57.8 Å². The second-order valence-corrected chi connectivity index (χ2v) is 12.8. The van der Waals surface area contributed by atoms with Crippen molar-refractivity contribution in [3.63, 3.8) is 0 Å². The van der Waals surface area contributed by atoms with Crippen LogP contribution in [-0.4, -0.2) is 22.1 Å². The van der Waals surface area contributed by atoms with Gasteiger partial charge in [-0.15, -0.1) is 0 Å². The van der Waals surface area contributed by atoms with Crippen molar-refractivity contribution < 1.29 is 10.3 Å². The minimum absolute atomic E-state index is 0.0272. The van der Waals surface area contributed by atoms with Crippen molar-refractivity contribution in [3.05, 3.63) is 0 Å². The molecule has 3 heteroatoms. The summed E-state index contributed by atoms with van der Waals surface area (Å²) in [6.45, 7) is 7.84. The first-order chi connectivity index (χ1) is 14.3. The molecule has 0 heterocycles. The molecule has 0 saturated heterocycles. The van der Waals surface area contributed by atoms with Crippen LogP contribution in [0.15, 0.2) is 5.16 Å². The van der Waals surface area contributed by atoms with Gasteiger partial charge in [0.1, 0.15) is 0 Å². The molecule has 5 fully saturated rings. The van der Waals surface area contributed by atoms with E-state index in [0.717, 1.165) is 72.8 Å². The predicted octanol–water partition coefficient (Wildman–Crippen LogP) is 6.66. The lowest BCUT2D eigenvalue weighted by molar-refractivity contribution is -0.129. The van der Waals surface area contributed by atoms with Gasteiger partial charge >= 0.3 is 0 Å². The van der Waals surface area contributed by atoms with Gasteiger partial charge in [0.05, 0.1) is 11.8 Å². The Morgan fingerprint density at radius 2 is 1.70 bits per heavy atom. The highest BCUT2D eigenvalue weighted by atomic mass is 16.4. The van der Waals surface area contributed by atoms with Crippen LogP contribution in [0.5, 0.6) is 0 Å². The van der Waals surface area contributed by atoms with Crippen molar-refractivity contribution in [2.24, 2.45) is 57.4 Å². The number of hydrogen-bond acceptors (Lipinski definition) is 3. The Morgan fingerprint density at radius 1 is 0.967 bits per heavy atom. The van der Waals surface area contributed by atoms with E-state index in [9.17, 15) is 5.11 Å². The van der Waals surface area contributed by atoms with E-state index < -0.39 is 0 Å². The van der Waals surface area contributed by atoms with E-state index >= 15 is 0 Å². The van der Waals surface area contributed by atoms with Crippen LogP contribution in [0.25, 0.3) is 0 Å². The van der Waals surface area contributed by atoms with Gasteiger partial charge in [-0.25, -0.2) is 0 Å². The van der Waals surface area contributed by atoms with Gasteiger partial charge in [0.25, 0.3) is 0 Å². The van der Waals surface area contributed by atoms with Crippen molar-refractivity contribution >= 4 is 5.71 Å². The van der Waals surface area contributed by atoms with Crippen LogP contribution in [0.3, 0.4) is 0 Å². The molecule has 0 unspecified atom stereocenters. The Morgan fingerprint density at radius 3 is 2.47 bits per heavy atom. The number of rotatable bonds is 4. The fourth-order valence-electron chi connectivity index (χ4n) is 9.80. The highest BCUT2D eigenvalue weighted by Gasteiger charge is 2.60. The fourth-order valence-corrected chi connectivity index (χ4v) is 9.80. The maximum Gasteiger partial charge on any atom is 0.0576 e. The summed E-state index contributed by atoms with van der Waals surface area (Å²) in [6, 6.07) is 0. The third-order valence-electron chi connectivity index (χ3n) is 11.6. The van der Waals surface area contributed by atoms with Crippen LogP contribution < -0.4 is 0 Å². The fraction of sp³-hybridized carbons (Fsp3) is 0.963. The topological polar surface area (TPSA) is 52.8 Å². The summed E-state index contributed by atoms with van der Waals surface area (Å²) in [5, 5.41) is 22.6. The van der Waals surface area contributed by atoms with E-state index in [1.54, 1.807) is 0 Å². The molecule has 0 aromatic carbocycles. The Balaban J connectivity index is 1.25. The van der Waals surface area contributed by atoms with Crippen LogP contribution in [0.2, 0.25) is 0 Å². The molecule has 30 heavy (non-hydrogen) atoms. The van der Waals surface area contributed by atoms with Gasteiger partial charge in [-0.3, -0.25) is 0 Å². The van der Waals surface area contributed by atoms with Gasteiger partial charge in [-0.2, -0.15) is 0 Å². The molecule has 0 aromatic rings. The van der Waals surface area contributed by atoms with Crippen LogP contribution in [-0.2, 0) is 0 Å². The standard InChI is InChI=1S/C27H45NO2/c1-17(4-5-18-14-20(15-18)28-30)23-8-9-24-22-7-6-19-16-21(29)10-12-26(19,2)25(22)11-13-27(23,24)3/h17-19,21-25,29-30H,4-16H2,1-3H3/t17-,18?,19+,21+,22+,23-,24+,25+,26+,27-/m1/s1. The van der Waals surface area contributed by atoms with Crippen molar-refractivity contribution in [2.75, 3.05) is 0 Å². The molecule has 3 nitrogen and oxygen atoms in total. The van der Waals surface area contributed by atoms with Crippen LogP contribution >= 0.6 is 0 Å². The number of hydrogen-bond donors (Lipinski definition) is 2. The molecule has 0 bridgehead atoms. The SMILES string of the molecule is C[C@H](CCC1CC(=NO)C1)[C@H]1CC[C@H]2[C@@H]3CC[C@H]4C[C@@H](O)CC[C@]4(C)[C@H]3CC[C@]12C. The molecule has 5 rings (SSSR count). The molecule has 0 aromatic heterocycles. The second kappa shape index (κ2) is 7.78. The number of oxime groups is 1. The number of aliphatic hydroxyl groups is 1. The quantitative estimate of drug-likeness (QED) is 0.398. The highest BCUT2D eigenvalue weighted by molar-refractivity contribution is 5.89. The number of nitrogens with zero attached hydrogens (tertiary/aromatic N) is 1. The summed E-state index contributed by atoms with van der Waals surface area (Å²) in [6.07, 6.45) is 16.7. The smallest absolute Gasteiger partial charge is 0.0576 e. The third kappa shape index (κ3) is 3.28. The van der Waals surface area contributed by atoms with Crippen LogP contribution in [0, 0.1) is 52.3 Å². The van der Waals surface area contributed by atoms with E-state index in [2.05, 4.69) is 25.9 Å². The Kier molecular flexibility index (Phi) is 5.52. The van der Waals surface area contributed by atoms with Crippen molar-refractivity contribution in [3.8, 4) is 0 Å². The van der Waals surface area contributed by atoms with Gasteiger partial charge in [0.15, 0.2) is 0 Å². The largest absolute Gasteiger partial charge is 0.411 e. The van der Waals surface area contributed by atoms with E-state index in [1.807, 2.05) is 0 Å². The molecular weight excluding hydrogens is 370 g/mol. The average molecular weight is 416 g/mol. The zero-order valence-corrected chi connectivity index (χ0v) is 19.7. The number of aliphatic hydroxyl groups excluding tert-OH is 1. The Hall–Kier alpha value is -0.570. The normalized spacial score (nSPS) is 51.3. The average Bonchev–Trinajstić information content (AvgIpc) is 3.04. The first-order valence-corrected chi connectivity index (χ1v) is 13.2. The first kappa shape index (κ1) is 21.3. The van der Waals surface area contributed by atoms with Gasteiger partial charge in [0.2, 0.25) is 0 Å². The number of fused-ring (bicyclic) bond motifs is 5. The van der Waals surface area contributed by atoms with Crippen LogP contribution in [0.1, 0.15) is 104 Å². The molecule has 0 amide bonds. The predicted molar refractivity (Wildman–Crippen MR) is 122 cm³/mol. The van der Waals surface area contributed by atoms with Crippen molar-refractivity contribution in [1.29, 1.82) is 0 Å². The monoisotopic (exact) mass is 415 g/mol. The Bertz CT molecular complexity index is 668. The minimum atomic E-state index is -0.0272.